The Labute approximate surface area is 129 Å². The lowest BCUT2D eigenvalue weighted by atomic mass is 9.98. The molecule has 6 nitrogen and oxygen atoms in total. The molecular formula is C16H18N2O4. The van der Waals surface area contributed by atoms with Gasteiger partial charge in [0, 0.05) is 0 Å². The van der Waals surface area contributed by atoms with Gasteiger partial charge in [0.2, 0.25) is 0 Å². The summed E-state index contributed by atoms with van der Waals surface area (Å²) in [6.45, 7) is 1.28. The van der Waals surface area contributed by atoms with Crippen LogP contribution in [0, 0.1) is 17.2 Å². The predicted octanol–water partition coefficient (Wildman–Crippen LogP) is 1.66. The van der Waals surface area contributed by atoms with Gasteiger partial charge in [-0.15, -0.1) is 0 Å². The van der Waals surface area contributed by atoms with Crippen LogP contribution in [0.2, 0.25) is 0 Å². The lowest BCUT2D eigenvalue weighted by Crippen LogP contribution is -2.48. The quantitative estimate of drug-likeness (QED) is 0.807. The maximum Gasteiger partial charge on any atom is 0.338 e. The standard InChI is InChI=1S/C16H18N2O4/c1-16(10-17,12-5-6-12)18-14(19)9-22-15(20)11-3-7-13(21-2)8-4-11/h3-4,7-8,12H,5-6,9H2,1-2H3,(H,18,19)/t16-/m0/s1. The topological polar surface area (TPSA) is 88.4 Å². The Bertz CT molecular complexity index is 602. The minimum Gasteiger partial charge on any atom is -0.497 e. The third-order valence-electron chi connectivity index (χ3n) is 3.69. The van der Waals surface area contributed by atoms with E-state index in [1.165, 1.54) is 7.11 Å². The van der Waals surface area contributed by atoms with Gasteiger partial charge < -0.3 is 14.8 Å². The third kappa shape index (κ3) is 3.76. The summed E-state index contributed by atoms with van der Waals surface area (Å²) in [5.74, 6) is -0.261. The van der Waals surface area contributed by atoms with Crippen LogP contribution in [0.4, 0.5) is 0 Å². The number of rotatable bonds is 6. The molecule has 1 fully saturated rings. The molecule has 0 bridgehead atoms. The first-order chi connectivity index (χ1) is 10.5. The van der Waals surface area contributed by atoms with E-state index in [1.807, 2.05) is 0 Å². The monoisotopic (exact) mass is 302 g/mol. The maximum atomic E-state index is 11.8. The van der Waals surface area contributed by atoms with Crippen LogP contribution >= 0.6 is 0 Å². The molecule has 22 heavy (non-hydrogen) atoms. The van der Waals surface area contributed by atoms with Gasteiger partial charge in [0.1, 0.15) is 11.3 Å². The molecule has 1 atom stereocenters. The highest BCUT2D eigenvalue weighted by Gasteiger charge is 2.43. The number of nitriles is 1. The van der Waals surface area contributed by atoms with Gasteiger partial charge in [0.25, 0.3) is 5.91 Å². The van der Waals surface area contributed by atoms with Crippen molar-refractivity contribution >= 4 is 11.9 Å². The van der Waals surface area contributed by atoms with Gasteiger partial charge in [0.05, 0.1) is 18.7 Å². The van der Waals surface area contributed by atoms with E-state index in [0.717, 1.165) is 12.8 Å². The van der Waals surface area contributed by atoms with Gasteiger partial charge in [-0.1, -0.05) is 0 Å². The molecule has 1 aliphatic carbocycles. The first-order valence-electron chi connectivity index (χ1n) is 7.02. The summed E-state index contributed by atoms with van der Waals surface area (Å²) in [4.78, 5) is 23.6. The molecule has 1 aliphatic rings. The van der Waals surface area contributed by atoms with Gasteiger partial charge in [-0.05, 0) is 49.9 Å². The number of hydrogen-bond donors (Lipinski definition) is 1. The fourth-order valence-corrected chi connectivity index (χ4v) is 2.15. The van der Waals surface area contributed by atoms with E-state index in [0.29, 0.717) is 11.3 Å². The van der Waals surface area contributed by atoms with E-state index < -0.39 is 24.0 Å². The molecule has 1 saturated carbocycles. The molecule has 0 saturated heterocycles. The summed E-state index contributed by atoms with van der Waals surface area (Å²) >= 11 is 0. The van der Waals surface area contributed by atoms with E-state index in [4.69, 9.17) is 14.7 Å². The molecule has 1 aromatic rings. The number of nitrogens with one attached hydrogen (secondary N) is 1. The molecule has 0 heterocycles. The van der Waals surface area contributed by atoms with Gasteiger partial charge in [-0.3, -0.25) is 4.79 Å². The van der Waals surface area contributed by atoms with Crippen LogP contribution < -0.4 is 10.1 Å². The molecule has 1 aromatic carbocycles. The zero-order valence-corrected chi connectivity index (χ0v) is 12.6. The molecule has 0 radical (unpaired) electrons. The van der Waals surface area contributed by atoms with Crippen molar-refractivity contribution in [1.82, 2.24) is 5.32 Å². The minimum absolute atomic E-state index is 0.179. The summed E-state index contributed by atoms with van der Waals surface area (Å²) in [5.41, 5.74) is -0.553. The molecule has 0 unspecified atom stereocenters. The van der Waals surface area contributed by atoms with Crippen LogP contribution in [0.3, 0.4) is 0 Å². The molecule has 1 N–H and O–H groups in total. The number of benzene rings is 1. The summed E-state index contributed by atoms with van der Waals surface area (Å²) in [7, 11) is 1.53. The smallest absolute Gasteiger partial charge is 0.338 e. The molecule has 0 aliphatic heterocycles. The first-order valence-corrected chi connectivity index (χ1v) is 7.02. The average molecular weight is 302 g/mol. The van der Waals surface area contributed by atoms with E-state index in [-0.39, 0.29) is 5.92 Å². The molecule has 0 spiro atoms. The number of carbonyl (C=O) groups excluding carboxylic acids is 2. The second kappa shape index (κ2) is 6.48. The second-order valence-corrected chi connectivity index (χ2v) is 5.44. The van der Waals surface area contributed by atoms with Gasteiger partial charge >= 0.3 is 5.97 Å². The van der Waals surface area contributed by atoms with Crippen LogP contribution in [0.15, 0.2) is 24.3 Å². The van der Waals surface area contributed by atoms with E-state index >= 15 is 0 Å². The predicted molar refractivity (Wildman–Crippen MR) is 78.2 cm³/mol. The third-order valence-corrected chi connectivity index (χ3v) is 3.69. The molecular weight excluding hydrogens is 284 g/mol. The van der Waals surface area contributed by atoms with E-state index in [1.54, 1.807) is 31.2 Å². The number of carbonyl (C=O) groups is 2. The molecule has 116 valence electrons. The van der Waals surface area contributed by atoms with Crippen LogP contribution in [0.5, 0.6) is 5.75 Å². The Hall–Kier alpha value is -2.55. The number of amides is 1. The molecule has 6 heteroatoms. The van der Waals surface area contributed by atoms with Crippen molar-refractivity contribution in [2.45, 2.75) is 25.3 Å². The fourth-order valence-electron chi connectivity index (χ4n) is 2.15. The van der Waals surface area contributed by atoms with Crippen molar-refractivity contribution in [3.63, 3.8) is 0 Å². The number of ether oxygens (including phenoxy) is 2. The van der Waals surface area contributed by atoms with Crippen molar-refractivity contribution in [1.29, 1.82) is 5.26 Å². The summed E-state index contributed by atoms with van der Waals surface area (Å²) in [5, 5.41) is 11.8. The Kier molecular flexibility index (Phi) is 4.66. The maximum absolute atomic E-state index is 11.8. The van der Waals surface area contributed by atoms with Crippen molar-refractivity contribution in [2.24, 2.45) is 5.92 Å². The van der Waals surface area contributed by atoms with Gasteiger partial charge in [0.15, 0.2) is 6.61 Å². The highest BCUT2D eigenvalue weighted by Crippen LogP contribution is 2.39. The Morgan fingerprint density at radius 2 is 2.00 bits per heavy atom. The lowest BCUT2D eigenvalue weighted by Gasteiger charge is -2.22. The number of nitrogens with zero attached hydrogens (tertiary/aromatic N) is 1. The fraction of sp³-hybridized carbons (Fsp3) is 0.438. The Balaban J connectivity index is 1.85. The largest absolute Gasteiger partial charge is 0.497 e. The van der Waals surface area contributed by atoms with Gasteiger partial charge in [-0.25, -0.2) is 4.79 Å². The van der Waals surface area contributed by atoms with Crippen molar-refractivity contribution in [2.75, 3.05) is 13.7 Å². The zero-order chi connectivity index (χ0) is 16.2. The SMILES string of the molecule is COc1ccc(C(=O)OCC(=O)N[C@@](C)(C#N)C2CC2)cc1. The highest BCUT2D eigenvalue weighted by molar-refractivity contribution is 5.91. The first kappa shape index (κ1) is 15.8. The van der Waals surface area contributed by atoms with Crippen LogP contribution in [-0.4, -0.2) is 31.1 Å². The Morgan fingerprint density at radius 1 is 1.36 bits per heavy atom. The normalized spacial score (nSPS) is 16.0. The Morgan fingerprint density at radius 3 is 2.50 bits per heavy atom. The number of hydrogen-bond acceptors (Lipinski definition) is 5. The van der Waals surface area contributed by atoms with E-state index in [2.05, 4.69) is 11.4 Å². The van der Waals surface area contributed by atoms with Crippen LogP contribution in [0.25, 0.3) is 0 Å². The average Bonchev–Trinajstić information content (AvgIpc) is 3.38. The van der Waals surface area contributed by atoms with Gasteiger partial charge in [-0.2, -0.15) is 5.26 Å². The summed E-state index contributed by atoms with van der Waals surface area (Å²) in [6.07, 6.45) is 1.85. The number of methoxy groups -OCH3 is 1. The molecule has 1 amide bonds. The highest BCUT2D eigenvalue weighted by atomic mass is 16.5. The van der Waals surface area contributed by atoms with Crippen LogP contribution in [0.1, 0.15) is 30.1 Å². The number of esters is 1. The van der Waals surface area contributed by atoms with Crippen LogP contribution in [-0.2, 0) is 9.53 Å². The second-order valence-electron chi connectivity index (χ2n) is 5.44. The zero-order valence-electron chi connectivity index (χ0n) is 12.6. The molecule has 2 rings (SSSR count). The lowest BCUT2D eigenvalue weighted by molar-refractivity contribution is -0.125. The van der Waals surface area contributed by atoms with Crippen molar-refractivity contribution < 1.29 is 19.1 Å². The molecule has 0 aromatic heterocycles. The van der Waals surface area contributed by atoms with E-state index in [9.17, 15) is 9.59 Å². The summed E-state index contributed by atoms with van der Waals surface area (Å²) < 4.78 is 9.95. The minimum atomic E-state index is -0.885. The van der Waals surface area contributed by atoms with Crippen molar-refractivity contribution in [3.05, 3.63) is 29.8 Å². The van der Waals surface area contributed by atoms with Crippen molar-refractivity contribution in [3.8, 4) is 11.8 Å². The summed E-state index contributed by atoms with van der Waals surface area (Å²) in [6, 6.07) is 8.50.